The number of halogens is 1. The molecule has 0 spiro atoms. The summed E-state index contributed by atoms with van der Waals surface area (Å²) in [6.07, 6.45) is 2.38. The molecule has 2 aromatic rings. The zero-order valence-electron chi connectivity index (χ0n) is 15.5. The van der Waals surface area contributed by atoms with E-state index in [-0.39, 0.29) is 6.03 Å². The highest BCUT2D eigenvalue weighted by Gasteiger charge is 2.42. The molecule has 1 unspecified atom stereocenters. The van der Waals surface area contributed by atoms with Gasteiger partial charge in [-0.3, -0.25) is 0 Å². The molecule has 1 aliphatic heterocycles. The Morgan fingerprint density at radius 2 is 1.65 bits per heavy atom. The fourth-order valence-corrected chi connectivity index (χ4v) is 4.42. The van der Waals surface area contributed by atoms with Crippen LogP contribution in [0.25, 0.3) is 0 Å². The highest BCUT2D eigenvalue weighted by Crippen LogP contribution is 2.46. The van der Waals surface area contributed by atoms with Gasteiger partial charge in [0.05, 0.1) is 0 Å². The zero-order chi connectivity index (χ0) is 18.5. The van der Waals surface area contributed by atoms with E-state index < -0.39 is 0 Å². The van der Waals surface area contributed by atoms with E-state index in [2.05, 4.69) is 35.6 Å². The molecule has 1 saturated heterocycles. The van der Waals surface area contributed by atoms with Crippen LogP contribution in [0.1, 0.15) is 38.2 Å². The van der Waals surface area contributed by atoms with Crippen molar-refractivity contribution in [1.82, 2.24) is 4.90 Å². The molecule has 4 rings (SSSR count). The number of amides is 2. The minimum atomic E-state index is -0.0112. The predicted octanol–water partition coefficient (Wildman–Crippen LogP) is 6.02. The maximum atomic E-state index is 12.5. The van der Waals surface area contributed by atoms with E-state index in [1.165, 1.54) is 18.4 Å². The summed E-state index contributed by atoms with van der Waals surface area (Å²) in [4.78, 5) is 14.4. The average molecular weight is 371 g/mol. The van der Waals surface area contributed by atoms with Gasteiger partial charge in [0.15, 0.2) is 0 Å². The first-order chi connectivity index (χ1) is 12.7. The molecule has 26 heavy (non-hydrogen) atoms. The average Bonchev–Trinajstić information content (AvgIpc) is 3.23. The number of benzene rings is 2. The van der Waals surface area contributed by atoms with Crippen molar-refractivity contribution in [3.8, 4) is 0 Å². The summed E-state index contributed by atoms with van der Waals surface area (Å²) < 4.78 is 0. The number of nitrogens with one attached hydrogen (secondary N) is 1. The Labute approximate surface area is 161 Å². The van der Waals surface area contributed by atoms with E-state index >= 15 is 0 Å². The third-order valence-corrected chi connectivity index (χ3v) is 5.62. The fraction of sp³-hybridized carbons (Fsp3) is 0.409. The molecule has 1 heterocycles. The number of hydrogen-bond donors (Lipinski definition) is 1. The third-order valence-electron chi connectivity index (χ3n) is 5.39. The molecule has 138 valence electrons. The normalized spacial score (nSPS) is 23.8. The van der Waals surface area contributed by atoms with Crippen LogP contribution in [0.5, 0.6) is 0 Å². The van der Waals surface area contributed by atoms with Crippen molar-refractivity contribution in [3.63, 3.8) is 0 Å². The Morgan fingerprint density at radius 1 is 1.00 bits per heavy atom. The van der Waals surface area contributed by atoms with Crippen LogP contribution in [0, 0.1) is 11.8 Å². The number of carbonyl (C=O) groups excluding carboxylic acids is 1. The number of carbonyl (C=O) groups is 1. The Kier molecular flexibility index (Phi) is 6.20. The van der Waals surface area contributed by atoms with E-state index in [4.69, 9.17) is 11.6 Å². The SMILES string of the molecule is CC.O=C(Nc1cccc(Cl)c1)N1C[C@H]2CC(c3ccccc3)C[C@H]2C1. The largest absolute Gasteiger partial charge is 0.324 e. The van der Waals surface area contributed by atoms with Crippen molar-refractivity contribution in [2.45, 2.75) is 32.6 Å². The monoisotopic (exact) mass is 370 g/mol. The van der Waals surface area contributed by atoms with Gasteiger partial charge in [-0.2, -0.15) is 0 Å². The van der Waals surface area contributed by atoms with E-state index in [0.29, 0.717) is 22.8 Å². The van der Waals surface area contributed by atoms with Crippen LogP contribution in [0.3, 0.4) is 0 Å². The number of rotatable bonds is 2. The Bertz CT molecular complexity index is 720. The smallest absolute Gasteiger partial charge is 0.321 e. The van der Waals surface area contributed by atoms with Crippen molar-refractivity contribution in [3.05, 3.63) is 65.2 Å². The van der Waals surface area contributed by atoms with Gasteiger partial charge in [0, 0.05) is 23.8 Å². The summed E-state index contributed by atoms with van der Waals surface area (Å²) in [5.74, 6) is 1.90. The van der Waals surface area contributed by atoms with Crippen molar-refractivity contribution in [1.29, 1.82) is 0 Å². The maximum absolute atomic E-state index is 12.5. The van der Waals surface area contributed by atoms with Crippen LogP contribution in [0.15, 0.2) is 54.6 Å². The summed E-state index contributed by atoms with van der Waals surface area (Å²) >= 11 is 5.98. The molecule has 1 N–H and O–H groups in total. The number of nitrogens with zero attached hydrogens (tertiary/aromatic N) is 1. The highest BCUT2D eigenvalue weighted by atomic mass is 35.5. The number of hydrogen-bond acceptors (Lipinski definition) is 1. The van der Waals surface area contributed by atoms with Crippen LogP contribution < -0.4 is 5.32 Å². The molecule has 3 atom stereocenters. The standard InChI is InChI=1S/C20H21ClN2O.C2H6/c21-18-7-4-8-19(11-18)22-20(24)23-12-16-9-15(10-17(16)13-23)14-5-2-1-3-6-14;1-2/h1-8,11,15-17H,9-10,12-13H2,(H,22,24);1-2H3/t15?,16-,17+;. The summed E-state index contributed by atoms with van der Waals surface area (Å²) in [5, 5.41) is 3.60. The Morgan fingerprint density at radius 3 is 2.27 bits per heavy atom. The summed E-state index contributed by atoms with van der Waals surface area (Å²) in [6.45, 7) is 5.72. The topological polar surface area (TPSA) is 32.3 Å². The van der Waals surface area contributed by atoms with Gasteiger partial charge in [0.1, 0.15) is 0 Å². The van der Waals surface area contributed by atoms with Gasteiger partial charge in [-0.05, 0) is 54.4 Å². The number of likely N-dealkylation sites (tertiary alicyclic amines) is 1. The molecule has 2 aromatic carbocycles. The van der Waals surface area contributed by atoms with E-state index in [1.807, 2.05) is 30.9 Å². The molecule has 1 aliphatic carbocycles. The van der Waals surface area contributed by atoms with E-state index in [9.17, 15) is 4.79 Å². The molecule has 2 fully saturated rings. The predicted molar refractivity (Wildman–Crippen MR) is 109 cm³/mol. The number of fused-ring (bicyclic) bond motifs is 1. The highest BCUT2D eigenvalue weighted by molar-refractivity contribution is 6.30. The van der Waals surface area contributed by atoms with Gasteiger partial charge in [0.2, 0.25) is 0 Å². The lowest BCUT2D eigenvalue weighted by Crippen LogP contribution is -2.33. The second kappa shape index (κ2) is 8.59. The van der Waals surface area contributed by atoms with E-state index in [0.717, 1.165) is 18.8 Å². The van der Waals surface area contributed by atoms with Crippen molar-refractivity contribution in [2.24, 2.45) is 11.8 Å². The molecular weight excluding hydrogens is 344 g/mol. The number of urea groups is 1. The molecule has 0 aromatic heterocycles. The van der Waals surface area contributed by atoms with Gasteiger partial charge in [0.25, 0.3) is 0 Å². The summed E-state index contributed by atoms with van der Waals surface area (Å²) in [7, 11) is 0. The van der Waals surface area contributed by atoms with Crippen molar-refractivity contribution in [2.75, 3.05) is 18.4 Å². The summed E-state index contributed by atoms with van der Waals surface area (Å²) in [6, 6.07) is 18.1. The van der Waals surface area contributed by atoms with E-state index in [1.54, 1.807) is 12.1 Å². The number of anilines is 1. The van der Waals surface area contributed by atoms with Crippen LogP contribution in [0.4, 0.5) is 10.5 Å². The second-order valence-electron chi connectivity index (χ2n) is 6.94. The first-order valence-electron chi connectivity index (χ1n) is 9.55. The van der Waals surface area contributed by atoms with Gasteiger partial charge < -0.3 is 10.2 Å². The Hall–Kier alpha value is -2.00. The van der Waals surface area contributed by atoms with Crippen LogP contribution in [-0.2, 0) is 0 Å². The van der Waals surface area contributed by atoms with Crippen LogP contribution in [0.2, 0.25) is 5.02 Å². The van der Waals surface area contributed by atoms with Crippen molar-refractivity contribution < 1.29 is 4.79 Å². The fourth-order valence-electron chi connectivity index (χ4n) is 4.23. The van der Waals surface area contributed by atoms with Gasteiger partial charge in [-0.15, -0.1) is 0 Å². The minimum absolute atomic E-state index is 0.0112. The molecule has 3 nitrogen and oxygen atoms in total. The van der Waals surface area contributed by atoms with Crippen LogP contribution >= 0.6 is 11.6 Å². The van der Waals surface area contributed by atoms with Gasteiger partial charge >= 0.3 is 6.03 Å². The van der Waals surface area contributed by atoms with Crippen molar-refractivity contribution >= 4 is 23.3 Å². The van der Waals surface area contributed by atoms with Gasteiger partial charge in [-0.1, -0.05) is 61.8 Å². The molecule has 2 aliphatic rings. The Balaban J connectivity index is 0.000000948. The van der Waals surface area contributed by atoms with Crippen LogP contribution in [-0.4, -0.2) is 24.0 Å². The molecule has 2 amide bonds. The quantitative estimate of drug-likeness (QED) is 0.688. The molecule has 1 saturated carbocycles. The molecule has 4 heteroatoms. The van der Waals surface area contributed by atoms with Gasteiger partial charge in [-0.25, -0.2) is 4.79 Å². The first kappa shape index (κ1) is 18.8. The molecule has 0 radical (unpaired) electrons. The lowest BCUT2D eigenvalue weighted by atomic mass is 9.96. The minimum Gasteiger partial charge on any atom is -0.324 e. The lowest BCUT2D eigenvalue weighted by molar-refractivity contribution is 0.218. The molecular formula is C22H27ClN2O. The third kappa shape index (κ3) is 4.21. The maximum Gasteiger partial charge on any atom is 0.321 e. The first-order valence-corrected chi connectivity index (χ1v) is 9.93. The lowest BCUT2D eigenvalue weighted by Gasteiger charge is -2.20. The summed E-state index contributed by atoms with van der Waals surface area (Å²) in [5.41, 5.74) is 2.20. The second-order valence-corrected chi connectivity index (χ2v) is 7.38. The zero-order valence-corrected chi connectivity index (χ0v) is 16.2. The molecule has 0 bridgehead atoms.